The Morgan fingerprint density at radius 3 is 1.77 bits per heavy atom. The van der Waals surface area contributed by atoms with Crippen LogP contribution in [-0.4, -0.2) is 53.6 Å². The van der Waals surface area contributed by atoms with Gasteiger partial charge in [0.15, 0.2) is 6.10 Å². The Morgan fingerprint density at radius 2 is 1.33 bits per heavy atom. The number of ether oxygens (including phenoxy) is 3. The fourth-order valence-corrected chi connectivity index (χ4v) is 4.23. The van der Waals surface area contributed by atoms with E-state index in [9.17, 15) is 18.9 Å². The van der Waals surface area contributed by atoms with E-state index in [1.54, 1.807) is 0 Å². The lowest BCUT2D eigenvalue weighted by molar-refractivity contribution is -0.187. The third-order valence-corrected chi connectivity index (χ3v) is 6.05. The quantitative estimate of drug-likeness (QED) is 0.305. The number of phosphoric ester groups is 1. The van der Waals surface area contributed by atoms with Crippen LogP contribution < -0.4 is 0 Å². The zero-order valence-electron chi connectivity index (χ0n) is 17.2. The first-order valence-electron chi connectivity index (χ1n) is 10.4. The fraction of sp³-hybridized carbons (Fsp3) is 0.842. The monoisotopic (exact) mass is 450 g/mol. The van der Waals surface area contributed by atoms with E-state index in [4.69, 9.17) is 19.3 Å². The van der Waals surface area contributed by atoms with Crippen molar-refractivity contribution in [2.45, 2.75) is 76.4 Å². The van der Waals surface area contributed by atoms with Crippen LogP contribution in [0.4, 0.5) is 0 Å². The molecule has 2 aliphatic carbocycles. The number of hydrogen-bond donors (Lipinski definition) is 2. The summed E-state index contributed by atoms with van der Waals surface area (Å²) in [5.74, 6) is -3.00. The highest BCUT2D eigenvalue weighted by Gasteiger charge is 2.40. The fourth-order valence-electron chi connectivity index (χ4n) is 3.89. The molecule has 30 heavy (non-hydrogen) atoms. The van der Waals surface area contributed by atoms with Gasteiger partial charge in [-0.1, -0.05) is 38.5 Å². The van der Waals surface area contributed by atoms with Crippen LogP contribution >= 0.6 is 7.82 Å². The first-order chi connectivity index (χ1) is 14.2. The number of rotatable bonds is 9. The maximum Gasteiger partial charge on any atom is 0.469 e. The summed E-state index contributed by atoms with van der Waals surface area (Å²) in [7, 11) is -3.84. The molecule has 0 saturated heterocycles. The minimum Gasteiger partial charge on any atom is -0.466 e. The molecule has 10 nitrogen and oxygen atoms in total. The maximum absolute atomic E-state index is 12.6. The molecule has 11 heteroatoms. The highest BCUT2D eigenvalue weighted by Crippen LogP contribution is 2.36. The summed E-state index contributed by atoms with van der Waals surface area (Å²) < 4.78 is 31.0. The van der Waals surface area contributed by atoms with Gasteiger partial charge in [-0.25, -0.2) is 9.36 Å². The van der Waals surface area contributed by atoms with Gasteiger partial charge in [-0.3, -0.25) is 14.1 Å². The topological polar surface area (TPSA) is 146 Å². The number of hydrogen-bond acceptors (Lipinski definition) is 8. The molecule has 0 unspecified atom stereocenters. The second-order valence-electron chi connectivity index (χ2n) is 7.81. The molecule has 0 aliphatic heterocycles. The van der Waals surface area contributed by atoms with Crippen molar-refractivity contribution in [3.8, 4) is 0 Å². The predicted octanol–water partition coefficient (Wildman–Crippen LogP) is 2.25. The first-order valence-corrected chi connectivity index (χ1v) is 11.9. The number of methoxy groups -OCH3 is 1. The van der Waals surface area contributed by atoms with E-state index in [0.29, 0.717) is 25.7 Å². The average molecular weight is 450 g/mol. The Morgan fingerprint density at radius 1 is 0.867 bits per heavy atom. The van der Waals surface area contributed by atoms with E-state index >= 15 is 0 Å². The lowest BCUT2D eigenvalue weighted by Crippen LogP contribution is -2.46. The van der Waals surface area contributed by atoms with Gasteiger partial charge in [0, 0.05) is 0 Å². The summed E-state index contributed by atoms with van der Waals surface area (Å²) >= 11 is 0. The molecule has 0 aromatic rings. The van der Waals surface area contributed by atoms with Crippen molar-refractivity contribution in [3.63, 3.8) is 0 Å². The summed E-state index contributed by atoms with van der Waals surface area (Å²) in [4.78, 5) is 55.5. The Balaban J connectivity index is 2.14. The van der Waals surface area contributed by atoms with Crippen LogP contribution in [0.2, 0.25) is 0 Å². The smallest absolute Gasteiger partial charge is 0.466 e. The van der Waals surface area contributed by atoms with Crippen LogP contribution in [0.3, 0.4) is 0 Å². The molecule has 0 aromatic carbocycles. The van der Waals surface area contributed by atoms with Crippen molar-refractivity contribution in [3.05, 3.63) is 0 Å². The van der Waals surface area contributed by atoms with Crippen molar-refractivity contribution < 1.29 is 47.5 Å². The molecule has 0 radical (unpaired) electrons. The van der Waals surface area contributed by atoms with Crippen molar-refractivity contribution >= 4 is 25.7 Å². The zero-order chi connectivity index (χ0) is 22.1. The van der Waals surface area contributed by atoms with Gasteiger partial charge in [-0.05, 0) is 25.7 Å². The Labute approximate surface area is 175 Å². The van der Waals surface area contributed by atoms with Crippen LogP contribution in [-0.2, 0) is 37.7 Å². The lowest BCUT2D eigenvalue weighted by atomic mass is 9.89. The second kappa shape index (κ2) is 11.8. The van der Waals surface area contributed by atoms with Crippen LogP contribution in [0.25, 0.3) is 0 Å². The van der Waals surface area contributed by atoms with Crippen LogP contribution in [0, 0.1) is 11.8 Å². The van der Waals surface area contributed by atoms with Gasteiger partial charge in [-0.15, -0.1) is 0 Å². The van der Waals surface area contributed by atoms with Gasteiger partial charge in [0.25, 0.3) is 0 Å². The molecule has 2 atom stereocenters. The molecular weight excluding hydrogens is 419 g/mol. The predicted molar refractivity (Wildman–Crippen MR) is 103 cm³/mol. The van der Waals surface area contributed by atoms with Crippen LogP contribution in [0.1, 0.15) is 64.2 Å². The summed E-state index contributed by atoms with van der Waals surface area (Å²) in [5, 5.41) is 0. The third-order valence-electron chi connectivity index (χ3n) is 5.57. The van der Waals surface area contributed by atoms with E-state index in [2.05, 4.69) is 9.26 Å². The van der Waals surface area contributed by atoms with E-state index in [-0.39, 0.29) is 11.8 Å². The molecule has 2 N–H and O–H groups in total. The largest absolute Gasteiger partial charge is 0.469 e. The normalized spacial score (nSPS) is 20.8. The summed E-state index contributed by atoms with van der Waals surface area (Å²) in [6, 6.07) is 0. The number of carbonyl (C=O) groups excluding carboxylic acids is 3. The molecule has 172 valence electrons. The summed E-state index contributed by atoms with van der Waals surface area (Å²) in [5.41, 5.74) is 0. The number of esters is 3. The van der Waals surface area contributed by atoms with Crippen molar-refractivity contribution in [1.82, 2.24) is 0 Å². The number of carbonyl (C=O) groups is 3. The highest BCUT2D eigenvalue weighted by molar-refractivity contribution is 7.46. The molecule has 2 rings (SSSR count). The minimum atomic E-state index is -4.92. The molecule has 2 aliphatic rings. The van der Waals surface area contributed by atoms with Gasteiger partial charge in [0.05, 0.1) is 18.9 Å². The van der Waals surface area contributed by atoms with E-state index < -0.39 is 44.5 Å². The van der Waals surface area contributed by atoms with Crippen molar-refractivity contribution in [2.75, 3.05) is 13.7 Å². The molecule has 0 heterocycles. The zero-order valence-corrected chi connectivity index (χ0v) is 18.1. The van der Waals surface area contributed by atoms with E-state index in [0.717, 1.165) is 45.6 Å². The first kappa shape index (κ1) is 24.8. The molecule has 0 spiro atoms. The Bertz CT molecular complexity index is 633. The van der Waals surface area contributed by atoms with Gasteiger partial charge in [-0.2, -0.15) is 0 Å². The van der Waals surface area contributed by atoms with Crippen molar-refractivity contribution in [1.29, 1.82) is 0 Å². The number of phosphoric acid groups is 1. The van der Waals surface area contributed by atoms with Gasteiger partial charge >= 0.3 is 25.7 Å². The second-order valence-corrected chi connectivity index (χ2v) is 9.05. The Hall–Kier alpha value is -1.48. The van der Waals surface area contributed by atoms with E-state index in [1.807, 2.05) is 0 Å². The van der Waals surface area contributed by atoms with Crippen molar-refractivity contribution in [2.24, 2.45) is 11.8 Å². The molecule has 0 bridgehead atoms. The highest BCUT2D eigenvalue weighted by atomic mass is 31.2. The summed E-state index contributed by atoms with van der Waals surface area (Å²) in [6.45, 7) is -0.819. The summed E-state index contributed by atoms with van der Waals surface area (Å²) in [6.07, 6.45) is 4.76. The van der Waals surface area contributed by atoms with Crippen LogP contribution in [0.5, 0.6) is 0 Å². The van der Waals surface area contributed by atoms with Gasteiger partial charge in [0.2, 0.25) is 6.10 Å². The van der Waals surface area contributed by atoms with Gasteiger partial charge in [0.1, 0.15) is 6.61 Å². The van der Waals surface area contributed by atoms with Crippen LogP contribution in [0.15, 0.2) is 0 Å². The SMILES string of the molecule is COC(=O)[C@H](OC(=O)C1CCCCC1)[C@@H](COP(=O)(O)O)OC(=O)C1CCCCC1. The molecule has 0 amide bonds. The maximum atomic E-state index is 12.6. The van der Waals surface area contributed by atoms with Gasteiger partial charge < -0.3 is 24.0 Å². The average Bonchev–Trinajstić information content (AvgIpc) is 2.74. The Kier molecular flexibility index (Phi) is 9.74. The third kappa shape index (κ3) is 7.98. The molecule has 0 aromatic heterocycles. The standard InChI is InChI=1S/C19H31O10P/c1-26-19(22)16(29-18(21)14-10-6-3-7-11-14)15(12-27-30(23,24)25)28-17(20)13-8-4-2-5-9-13/h13-16H,2-12H2,1H3,(H2,23,24,25)/t15-,16-/m1/s1. The molecule has 2 saturated carbocycles. The van der Waals surface area contributed by atoms with E-state index in [1.165, 1.54) is 0 Å². The minimum absolute atomic E-state index is 0.386. The lowest BCUT2D eigenvalue weighted by Gasteiger charge is -2.29. The molecule has 2 fully saturated rings. The molecular formula is C19H31O10P.